The normalized spacial score (nSPS) is 12.2. The van der Waals surface area contributed by atoms with Crippen molar-refractivity contribution in [2.45, 2.75) is 10.9 Å². The van der Waals surface area contributed by atoms with Crippen LogP contribution in [0.3, 0.4) is 0 Å². The molecule has 0 aliphatic carbocycles. The zero-order valence-electron chi connectivity index (χ0n) is 11.4. The number of ether oxygens (including phenoxy) is 1. The average Bonchev–Trinajstić information content (AvgIpc) is 2.49. The number of halogens is 1. The zero-order chi connectivity index (χ0) is 14.5. The summed E-state index contributed by atoms with van der Waals surface area (Å²) >= 11 is 7.79. The van der Waals surface area contributed by atoms with Gasteiger partial charge < -0.3 is 4.74 Å². The molecule has 0 amide bonds. The highest BCUT2D eigenvalue weighted by Crippen LogP contribution is 2.35. The van der Waals surface area contributed by atoms with Crippen molar-refractivity contribution in [1.82, 2.24) is 5.43 Å². The number of thioether (sulfide) groups is 1. The third-order valence-electron chi connectivity index (χ3n) is 3.12. The summed E-state index contributed by atoms with van der Waals surface area (Å²) in [5.41, 5.74) is 4.88. The molecule has 106 valence electrons. The van der Waals surface area contributed by atoms with E-state index in [1.807, 2.05) is 30.5 Å². The van der Waals surface area contributed by atoms with E-state index in [2.05, 4.69) is 17.6 Å². The van der Waals surface area contributed by atoms with E-state index in [1.54, 1.807) is 24.9 Å². The number of nitrogens with one attached hydrogen (secondary N) is 1. The second-order valence-corrected chi connectivity index (χ2v) is 5.51. The topological polar surface area (TPSA) is 47.3 Å². The molecule has 5 heteroatoms. The van der Waals surface area contributed by atoms with Crippen LogP contribution in [0.4, 0.5) is 0 Å². The van der Waals surface area contributed by atoms with Crippen molar-refractivity contribution in [2.24, 2.45) is 5.84 Å². The van der Waals surface area contributed by atoms with Gasteiger partial charge in [-0.2, -0.15) is 0 Å². The maximum Gasteiger partial charge on any atom is 0.124 e. The van der Waals surface area contributed by atoms with Gasteiger partial charge in [0.25, 0.3) is 0 Å². The molecule has 0 saturated carbocycles. The molecule has 20 heavy (non-hydrogen) atoms. The third kappa shape index (κ3) is 3.10. The van der Waals surface area contributed by atoms with Gasteiger partial charge in [0.15, 0.2) is 0 Å². The van der Waals surface area contributed by atoms with Gasteiger partial charge in [0.1, 0.15) is 5.75 Å². The Morgan fingerprint density at radius 2 is 1.95 bits per heavy atom. The lowest BCUT2D eigenvalue weighted by Gasteiger charge is -2.21. The Labute approximate surface area is 128 Å². The van der Waals surface area contributed by atoms with Gasteiger partial charge in [0.05, 0.1) is 13.2 Å². The molecule has 3 nitrogen and oxygen atoms in total. The number of hydrazine groups is 1. The molecule has 2 rings (SSSR count). The second-order valence-electron chi connectivity index (χ2n) is 4.23. The molecule has 0 radical (unpaired) electrons. The first-order valence-corrected chi connectivity index (χ1v) is 7.74. The predicted octanol–water partition coefficient (Wildman–Crippen LogP) is 3.62. The minimum Gasteiger partial charge on any atom is -0.496 e. The summed E-state index contributed by atoms with van der Waals surface area (Å²) in [5, 5.41) is 0.655. The van der Waals surface area contributed by atoms with Crippen molar-refractivity contribution >= 4 is 23.4 Å². The van der Waals surface area contributed by atoms with Crippen LogP contribution >= 0.6 is 23.4 Å². The average molecular weight is 309 g/mol. The summed E-state index contributed by atoms with van der Waals surface area (Å²) in [6.45, 7) is 0. The van der Waals surface area contributed by atoms with Gasteiger partial charge in [-0.25, -0.2) is 5.43 Å². The quantitative estimate of drug-likeness (QED) is 0.503. The Morgan fingerprint density at radius 1 is 1.20 bits per heavy atom. The van der Waals surface area contributed by atoms with Crippen LogP contribution in [-0.2, 0) is 0 Å². The first kappa shape index (κ1) is 15.2. The van der Waals surface area contributed by atoms with Gasteiger partial charge in [-0.1, -0.05) is 29.8 Å². The molecular formula is C15H17ClN2OS. The van der Waals surface area contributed by atoms with Crippen LogP contribution in [0.15, 0.2) is 47.4 Å². The van der Waals surface area contributed by atoms with Crippen LogP contribution in [-0.4, -0.2) is 13.4 Å². The third-order valence-corrected chi connectivity index (χ3v) is 4.17. The highest BCUT2D eigenvalue weighted by molar-refractivity contribution is 7.98. The molecule has 0 saturated heterocycles. The fourth-order valence-electron chi connectivity index (χ4n) is 2.18. The van der Waals surface area contributed by atoms with Crippen LogP contribution in [0.5, 0.6) is 5.75 Å². The van der Waals surface area contributed by atoms with E-state index in [0.29, 0.717) is 5.02 Å². The Bertz CT molecular complexity index is 592. The SMILES string of the molecule is COc1ccc(Cl)cc1C(NN)c1ccccc1SC. The Balaban J connectivity index is 2.55. The van der Waals surface area contributed by atoms with E-state index in [9.17, 15) is 0 Å². The lowest BCUT2D eigenvalue weighted by atomic mass is 9.98. The molecule has 0 heterocycles. The standard InChI is InChI=1S/C15H17ClN2OS/c1-19-13-8-7-10(16)9-12(13)15(18-17)11-5-3-4-6-14(11)20-2/h3-9,15,18H,17H2,1-2H3. The monoisotopic (exact) mass is 308 g/mol. The van der Waals surface area contributed by atoms with E-state index < -0.39 is 0 Å². The van der Waals surface area contributed by atoms with Crippen LogP contribution in [0.25, 0.3) is 0 Å². The molecule has 0 aliphatic heterocycles. The van der Waals surface area contributed by atoms with Crippen LogP contribution in [0.2, 0.25) is 5.02 Å². The van der Waals surface area contributed by atoms with E-state index in [1.165, 1.54) is 0 Å². The fourth-order valence-corrected chi connectivity index (χ4v) is 3.00. The first-order chi connectivity index (χ1) is 9.71. The Morgan fingerprint density at radius 3 is 2.60 bits per heavy atom. The summed E-state index contributed by atoms with van der Waals surface area (Å²) in [7, 11) is 1.64. The van der Waals surface area contributed by atoms with Crippen molar-refractivity contribution in [2.75, 3.05) is 13.4 Å². The fraction of sp³-hybridized carbons (Fsp3) is 0.200. The minimum absolute atomic E-state index is 0.174. The van der Waals surface area contributed by atoms with Gasteiger partial charge in [0, 0.05) is 15.5 Å². The zero-order valence-corrected chi connectivity index (χ0v) is 13.0. The van der Waals surface area contributed by atoms with E-state index in [4.69, 9.17) is 22.2 Å². The van der Waals surface area contributed by atoms with Gasteiger partial charge in [-0.3, -0.25) is 5.84 Å². The number of methoxy groups -OCH3 is 1. The maximum absolute atomic E-state index is 6.11. The number of benzene rings is 2. The molecule has 0 spiro atoms. The number of nitrogens with two attached hydrogens (primary N) is 1. The summed E-state index contributed by atoms with van der Waals surface area (Å²) in [4.78, 5) is 1.16. The number of rotatable bonds is 5. The summed E-state index contributed by atoms with van der Waals surface area (Å²) in [5.74, 6) is 6.53. The molecular weight excluding hydrogens is 292 g/mol. The molecule has 3 N–H and O–H groups in total. The molecule has 2 aromatic rings. The second kappa shape index (κ2) is 6.99. The summed E-state index contributed by atoms with van der Waals surface area (Å²) < 4.78 is 5.42. The van der Waals surface area contributed by atoms with Crippen molar-refractivity contribution < 1.29 is 4.74 Å². The van der Waals surface area contributed by atoms with Crippen LogP contribution in [0, 0.1) is 0 Å². The van der Waals surface area contributed by atoms with Gasteiger partial charge in [-0.05, 0) is 36.1 Å². The molecule has 1 atom stereocenters. The van der Waals surface area contributed by atoms with Gasteiger partial charge in [0.2, 0.25) is 0 Å². The summed E-state index contributed by atoms with van der Waals surface area (Å²) in [6, 6.07) is 13.5. The molecule has 0 aromatic heterocycles. The van der Waals surface area contributed by atoms with E-state index in [0.717, 1.165) is 21.8 Å². The Hall–Kier alpha value is -1.20. The molecule has 0 fully saturated rings. The lowest BCUT2D eigenvalue weighted by Crippen LogP contribution is -2.29. The van der Waals surface area contributed by atoms with Crippen molar-refractivity contribution in [1.29, 1.82) is 0 Å². The first-order valence-electron chi connectivity index (χ1n) is 6.13. The largest absolute Gasteiger partial charge is 0.496 e. The number of hydrogen-bond acceptors (Lipinski definition) is 4. The Kier molecular flexibility index (Phi) is 5.31. The van der Waals surface area contributed by atoms with Crippen molar-refractivity contribution in [3.05, 3.63) is 58.6 Å². The molecule has 0 bridgehead atoms. The van der Waals surface area contributed by atoms with Crippen molar-refractivity contribution in [3.63, 3.8) is 0 Å². The van der Waals surface area contributed by atoms with Crippen LogP contribution in [0.1, 0.15) is 17.2 Å². The summed E-state index contributed by atoms with van der Waals surface area (Å²) in [6.07, 6.45) is 2.04. The lowest BCUT2D eigenvalue weighted by molar-refractivity contribution is 0.404. The van der Waals surface area contributed by atoms with Crippen molar-refractivity contribution in [3.8, 4) is 5.75 Å². The smallest absolute Gasteiger partial charge is 0.124 e. The highest BCUT2D eigenvalue weighted by atomic mass is 35.5. The van der Waals surface area contributed by atoms with Gasteiger partial charge >= 0.3 is 0 Å². The number of hydrogen-bond donors (Lipinski definition) is 2. The molecule has 0 aliphatic rings. The maximum atomic E-state index is 6.11. The molecule has 2 aromatic carbocycles. The predicted molar refractivity (Wildman–Crippen MR) is 85.4 cm³/mol. The molecule has 1 unspecified atom stereocenters. The van der Waals surface area contributed by atoms with Crippen LogP contribution < -0.4 is 16.0 Å². The highest BCUT2D eigenvalue weighted by Gasteiger charge is 2.19. The minimum atomic E-state index is -0.174. The van der Waals surface area contributed by atoms with E-state index >= 15 is 0 Å². The van der Waals surface area contributed by atoms with Gasteiger partial charge in [-0.15, -0.1) is 11.8 Å². The van der Waals surface area contributed by atoms with E-state index in [-0.39, 0.29) is 6.04 Å².